The Morgan fingerprint density at radius 3 is 2.52 bits per heavy atom. The van der Waals surface area contributed by atoms with E-state index in [1.165, 1.54) is 25.7 Å². The molecule has 0 aromatic heterocycles. The van der Waals surface area contributed by atoms with Crippen LogP contribution in [0.15, 0.2) is 0 Å². The fraction of sp³-hybridized carbons (Fsp3) is 0.955. The van der Waals surface area contributed by atoms with Gasteiger partial charge in [-0.1, -0.05) is 13.8 Å². The van der Waals surface area contributed by atoms with E-state index in [2.05, 4.69) is 20.8 Å². The van der Waals surface area contributed by atoms with Crippen LogP contribution >= 0.6 is 0 Å². The molecule has 0 aromatic rings. The van der Waals surface area contributed by atoms with Crippen molar-refractivity contribution < 1.29 is 14.6 Å². The summed E-state index contributed by atoms with van der Waals surface area (Å²) in [5.74, 6) is 3.13. The highest BCUT2D eigenvalue weighted by molar-refractivity contribution is 5.91. The molecule has 0 aromatic carbocycles. The van der Waals surface area contributed by atoms with E-state index in [1.807, 2.05) is 0 Å². The van der Waals surface area contributed by atoms with Gasteiger partial charge in [-0.05, 0) is 94.3 Å². The number of aliphatic hydroxyl groups is 1. The van der Waals surface area contributed by atoms with E-state index in [0.29, 0.717) is 17.3 Å². The number of hydrogen-bond acceptors (Lipinski definition) is 3. The fourth-order valence-corrected chi connectivity index (χ4v) is 8.85. The normalized spacial score (nSPS) is 62.4. The van der Waals surface area contributed by atoms with Gasteiger partial charge in [0.25, 0.3) is 0 Å². The summed E-state index contributed by atoms with van der Waals surface area (Å²) in [7, 11) is 0. The number of epoxide rings is 1. The van der Waals surface area contributed by atoms with E-state index < -0.39 is 5.60 Å². The molecule has 0 radical (unpaired) electrons. The average Bonchev–Trinajstić information content (AvgIpc) is 3.13. The summed E-state index contributed by atoms with van der Waals surface area (Å²) in [6.07, 6.45) is 9.14. The zero-order valence-corrected chi connectivity index (χ0v) is 16.3. The van der Waals surface area contributed by atoms with Gasteiger partial charge in [-0.15, -0.1) is 0 Å². The second kappa shape index (κ2) is 4.70. The maximum atomic E-state index is 12.6. The van der Waals surface area contributed by atoms with Crippen LogP contribution in [0.2, 0.25) is 0 Å². The van der Waals surface area contributed by atoms with Crippen LogP contribution in [-0.2, 0) is 9.53 Å². The summed E-state index contributed by atoms with van der Waals surface area (Å²) in [4.78, 5) is 12.6. The van der Waals surface area contributed by atoms with Gasteiger partial charge in [-0.25, -0.2) is 0 Å². The first-order valence-corrected chi connectivity index (χ1v) is 10.6. The number of ketones is 1. The Balaban J connectivity index is 1.49. The zero-order valence-electron chi connectivity index (χ0n) is 16.3. The molecule has 140 valence electrons. The monoisotopic (exact) mass is 346 g/mol. The van der Waals surface area contributed by atoms with Crippen LogP contribution in [0.1, 0.15) is 79.1 Å². The summed E-state index contributed by atoms with van der Waals surface area (Å²) in [6, 6.07) is 0. The van der Waals surface area contributed by atoms with Gasteiger partial charge in [0.05, 0.1) is 6.10 Å². The van der Waals surface area contributed by atoms with E-state index in [-0.39, 0.29) is 22.9 Å². The van der Waals surface area contributed by atoms with E-state index in [9.17, 15) is 9.90 Å². The van der Waals surface area contributed by atoms with Gasteiger partial charge in [0.15, 0.2) is 11.4 Å². The number of rotatable bonds is 1. The second-order valence-electron chi connectivity index (χ2n) is 10.8. The molecule has 1 N–H and O–H groups in total. The minimum atomic E-state index is -0.490. The SMILES string of the molecule is CC(=O)[C@]12O[C@@]1(C)C[C@@H]1[C@H]3CC[C@H]4C[C@@H](O)CC[C@]4(C)[C@@H]3CC[C@@]12C. The number of hydrogen-bond donors (Lipinski definition) is 1. The number of aliphatic hydroxyl groups excluding tert-OH is 1. The lowest BCUT2D eigenvalue weighted by Gasteiger charge is -2.61. The van der Waals surface area contributed by atoms with Crippen LogP contribution in [0.5, 0.6) is 0 Å². The third-order valence-corrected chi connectivity index (χ3v) is 10.0. The lowest BCUT2D eigenvalue weighted by molar-refractivity contribution is -0.152. The van der Waals surface area contributed by atoms with Gasteiger partial charge < -0.3 is 9.84 Å². The Labute approximate surface area is 151 Å². The van der Waals surface area contributed by atoms with Gasteiger partial charge in [0.1, 0.15) is 5.60 Å². The summed E-state index contributed by atoms with van der Waals surface area (Å²) >= 11 is 0. The van der Waals surface area contributed by atoms with Crippen LogP contribution in [0, 0.1) is 34.5 Å². The lowest BCUT2D eigenvalue weighted by atomic mass is 9.44. The van der Waals surface area contributed by atoms with Crippen molar-refractivity contribution in [2.75, 3.05) is 0 Å². The number of ether oxygens (including phenoxy) is 1. The van der Waals surface area contributed by atoms with Crippen molar-refractivity contribution >= 4 is 5.78 Å². The van der Waals surface area contributed by atoms with Gasteiger partial charge >= 0.3 is 0 Å². The van der Waals surface area contributed by atoms with Crippen molar-refractivity contribution in [3.63, 3.8) is 0 Å². The molecule has 4 aliphatic carbocycles. The minimum absolute atomic E-state index is 0.0339. The molecule has 0 spiro atoms. The number of carbonyl (C=O) groups is 1. The summed E-state index contributed by atoms with van der Waals surface area (Å²) < 4.78 is 6.20. The first-order valence-electron chi connectivity index (χ1n) is 10.6. The maximum absolute atomic E-state index is 12.6. The molecule has 5 fully saturated rings. The molecule has 5 aliphatic rings. The van der Waals surface area contributed by atoms with Crippen LogP contribution < -0.4 is 0 Å². The summed E-state index contributed by atoms with van der Waals surface area (Å²) in [5.41, 5.74) is -0.253. The van der Waals surface area contributed by atoms with Crippen molar-refractivity contribution in [3.8, 4) is 0 Å². The van der Waals surface area contributed by atoms with Gasteiger partial charge in [0.2, 0.25) is 0 Å². The highest BCUT2D eigenvalue weighted by Crippen LogP contribution is 2.77. The molecule has 0 amide bonds. The number of fused-ring (bicyclic) bond motifs is 7. The van der Waals surface area contributed by atoms with Crippen molar-refractivity contribution in [1.82, 2.24) is 0 Å². The van der Waals surface area contributed by atoms with Crippen LogP contribution in [0.25, 0.3) is 0 Å². The quantitative estimate of drug-likeness (QED) is 0.727. The number of Topliss-reactive ketones (excluding diaryl/α,β-unsaturated/α-hetero) is 1. The molecule has 3 nitrogen and oxygen atoms in total. The van der Waals surface area contributed by atoms with Gasteiger partial charge in [-0.2, -0.15) is 0 Å². The predicted octanol–water partition coefficient (Wildman–Crippen LogP) is 4.12. The molecule has 5 rings (SSSR count). The Hall–Kier alpha value is -0.410. The molecule has 1 aliphatic heterocycles. The van der Waals surface area contributed by atoms with E-state index in [1.54, 1.807) is 6.92 Å². The van der Waals surface area contributed by atoms with Crippen LogP contribution in [0.3, 0.4) is 0 Å². The molecule has 3 heteroatoms. The number of carbonyl (C=O) groups excluding carboxylic acids is 1. The zero-order chi connectivity index (χ0) is 17.8. The summed E-state index contributed by atoms with van der Waals surface area (Å²) in [6.45, 7) is 8.84. The highest BCUT2D eigenvalue weighted by Gasteiger charge is 2.85. The predicted molar refractivity (Wildman–Crippen MR) is 96.0 cm³/mol. The van der Waals surface area contributed by atoms with E-state index in [4.69, 9.17) is 4.74 Å². The average molecular weight is 347 g/mol. The molecular formula is C22H34O3. The summed E-state index contributed by atoms with van der Waals surface area (Å²) in [5, 5.41) is 10.2. The molecule has 0 bridgehead atoms. The molecule has 25 heavy (non-hydrogen) atoms. The Morgan fingerprint density at radius 2 is 1.80 bits per heavy atom. The standard InChI is InChI=1S/C22H34O3/c1-13(23)22-20(3)10-8-17-16(18(20)12-21(22,4)25-22)6-5-14-11-15(24)7-9-19(14,17)2/h14-18,24H,5-12H2,1-4H3/t14-,15-,16-,17+,18+,19-,20-,21-,22+/m0/s1. The smallest absolute Gasteiger partial charge is 0.165 e. The third kappa shape index (κ3) is 1.74. The van der Waals surface area contributed by atoms with Gasteiger partial charge in [-0.3, -0.25) is 4.79 Å². The van der Waals surface area contributed by atoms with Crippen LogP contribution in [-0.4, -0.2) is 28.2 Å². The highest BCUT2D eigenvalue weighted by atomic mass is 16.6. The Morgan fingerprint density at radius 1 is 1.04 bits per heavy atom. The Bertz CT molecular complexity index is 631. The largest absolute Gasteiger partial charge is 0.393 e. The van der Waals surface area contributed by atoms with Crippen molar-refractivity contribution in [1.29, 1.82) is 0 Å². The maximum Gasteiger partial charge on any atom is 0.165 e. The molecule has 9 atom stereocenters. The van der Waals surface area contributed by atoms with E-state index in [0.717, 1.165) is 37.5 Å². The third-order valence-electron chi connectivity index (χ3n) is 10.0. The molecule has 0 unspecified atom stereocenters. The minimum Gasteiger partial charge on any atom is -0.393 e. The van der Waals surface area contributed by atoms with Crippen molar-refractivity contribution in [3.05, 3.63) is 0 Å². The van der Waals surface area contributed by atoms with E-state index >= 15 is 0 Å². The van der Waals surface area contributed by atoms with Gasteiger partial charge in [0, 0.05) is 5.41 Å². The molecule has 4 saturated carbocycles. The first-order chi connectivity index (χ1) is 11.7. The second-order valence-corrected chi connectivity index (χ2v) is 10.8. The Kier molecular flexibility index (Phi) is 3.15. The first kappa shape index (κ1) is 16.7. The van der Waals surface area contributed by atoms with Crippen molar-refractivity contribution in [2.45, 2.75) is 96.4 Å². The topological polar surface area (TPSA) is 49.8 Å². The molecule has 1 saturated heterocycles. The lowest BCUT2D eigenvalue weighted by Crippen LogP contribution is -2.56. The van der Waals surface area contributed by atoms with Crippen LogP contribution in [0.4, 0.5) is 0 Å². The van der Waals surface area contributed by atoms with Crippen molar-refractivity contribution in [2.24, 2.45) is 34.5 Å². The molecule has 1 heterocycles. The molecular weight excluding hydrogens is 312 g/mol. The fourth-order valence-electron chi connectivity index (χ4n) is 8.85.